The van der Waals surface area contributed by atoms with E-state index >= 15 is 0 Å². The van der Waals surface area contributed by atoms with Crippen LogP contribution in [0.1, 0.15) is 13.8 Å². The largest absolute Gasteiger partial charge is 0.507 e. The Morgan fingerprint density at radius 2 is 1.65 bits per heavy atom. The quantitative estimate of drug-likeness (QED) is 0.156. The van der Waals surface area contributed by atoms with Crippen LogP contribution in [0.4, 0.5) is 0 Å². The first-order valence-electron chi connectivity index (χ1n) is 10.9. The summed E-state index contributed by atoms with van der Waals surface area (Å²) >= 11 is 0. The molecule has 3 aromatic rings. The molecule has 0 spiro atoms. The SMILES string of the molecule is COc1cc(O)c2c(=O)c(O[C@@H]3O[C@@H](C)[C@H](O)[C@@H](O)[C@H]3O)c(-c3ccc(O)c(O)c3)oc2c1OC(C)=O. The van der Waals surface area contributed by atoms with E-state index in [1.54, 1.807) is 0 Å². The molecule has 198 valence electrons. The van der Waals surface area contributed by atoms with Crippen molar-refractivity contribution in [3.05, 3.63) is 34.5 Å². The number of hydrogen-bond donors (Lipinski definition) is 6. The Hall–Kier alpha value is -4.04. The second-order valence-corrected chi connectivity index (χ2v) is 8.32. The number of carbonyl (C=O) groups is 1. The van der Waals surface area contributed by atoms with Gasteiger partial charge in [0.15, 0.2) is 28.6 Å². The van der Waals surface area contributed by atoms with Crippen LogP contribution in [0, 0.1) is 0 Å². The average Bonchev–Trinajstić information content (AvgIpc) is 2.85. The van der Waals surface area contributed by atoms with E-state index in [0.29, 0.717) is 0 Å². The van der Waals surface area contributed by atoms with Crippen LogP contribution in [-0.2, 0) is 9.53 Å². The molecule has 1 saturated heterocycles. The van der Waals surface area contributed by atoms with Crippen LogP contribution in [-0.4, -0.2) is 74.4 Å². The predicted molar refractivity (Wildman–Crippen MR) is 124 cm³/mol. The number of esters is 1. The Kier molecular flexibility index (Phi) is 6.88. The summed E-state index contributed by atoms with van der Waals surface area (Å²) in [5, 5.41) is 60.4. The Morgan fingerprint density at radius 3 is 2.27 bits per heavy atom. The van der Waals surface area contributed by atoms with Crippen molar-refractivity contribution >= 4 is 16.9 Å². The molecule has 0 amide bonds. The third kappa shape index (κ3) is 4.60. The molecule has 5 atom stereocenters. The molecule has 0 unspecified atom stereocenters. The first kappa shape index (κ1) is 26.0. The van der Waals surface area contributed by atoms with E-state index in [0.717, 1.165) is 25.1 Å². The monoisotopic (exact) mass is 520 g/mol. The molecule has 0 radical (unpaired) electrons. The van der Waals surface area contributed by atoms with Gasteiger partial charge in [-0.15, -0.1) is 0 Å². The number of phenols is 3. The van der Waals surface area contributed by atoms with Crippen molar-refractivity contribution in [3.63, 3.8) is 0 Å². The zero-order valence-corrected chi connectivity index (χ0v) is 19.7. The maximum absolute atomic E-state index is 13.7. The van der Waals surface area contributed by atoms with Crippen molar-refractivity contribution in [3.8, 4) is 45.8 Å². The molecule has 13 heteroatoms. The summed E-state index contributed by atoms with van der Waals surface area (Å²) < 4.78 is 27.3. The summed E-state index contributed by atoms with van der Waals surface area (Å²) in [6.45, 7) is 2.50. The molecule has 1 aromatic heterocycles. The van der Waals surface area contributed by atoms with Gasteiger partial charge in [-0.1, -0.05) is 0 Å². The van der Waals surface area contributed by atoms with Gasteiger partial charge in [-0.3, -0.25) is 9.59 Å². The fraction of sp³-hybridized carbons (Fsp3) is 0.333. The van der Waals surface area contributed by atoms with E-state index in [9.17, 15) is 40.2 Å². The number of ether oxygens (including phenoxy) is 4. The zero-order valence-electron chi connectivity index (χ0n) is 19.7. The zero-order chi connectivity index (χ0) is 27.2. The van der Waals surface area contributed by atoms with E-state index in [2.05, 4.69) is 0 Å². The first-order valence-corrected chi connectivity index (χ1v) is 10.9. The van der Waals surface area contributed by atoms with Gasteiger partial charge in [0.2, 0.25) is 23.2 Å². The number of hydrogen-bond acceptors (Lipinski definition) is 13. The van der Waals surface area contributed by atoms with Gasteiger partial charge in [-0.25, -0.2) is 0 Å². The summed E-state index contributed by atoms with van der Waals surface area (Å²) in [5.41, 5.74) is -1.44. The highest BCUT2D eigenvalue weighted by molar-refractivity contribution is 5.94. The predicted octanol–water partition coefficient (Wildman–Crippen LogP) is 0.717. The van der Waals surface area contributed by atoms with E-state index < -0.39 is 81.8 Å². The van der Waals surface area contributed by atoms with Crippen LogP contribution in [0.5, 0.6) is 34.5 Å². The molecule has 6 N–H and O–H groups in total. The summed E-state index contributed by atoms with van der Waals surface area (Å²) in [5.74, 6) is -3.99. The van der Waals surface area contributed by atoms with Gasteiger partial charge in [-0.05, 0) is 25.1 Å². The van der Waals surface area contributed by atoms with Gasteiger partial charge in [0.1, 0.15) is 29.4 Å². The molecule has 1 aliphatic rings. The number of carbonyl (C=O) groups excluding carboxylic acids is 1. The van der Waals surface area contributed by atoms with Crippen molar-refractivity contribution in [2.24, 2.45) is 0 Å². The van der Waals surface area contributed by atoms with Crippen LogP contribution < -0.4 is 19.6 Å². The van der Waals surface area contributed by atoms with Gasteiger partial charge in [0.25, 0.3) is 0 Å². The number of phenolic OH excluding ortho intramolecular Hbond substituents is 3. The van der Waals surface area contributed by atoms with Gasteiger partial charge >= 0.3 is 5.97 Å². The first-order chi connectivity index (χ1) is 17.4. The van der Waals surface area contributed by atoms with Crippen molar-refractivity contribution < 1.29 is 58.8 Å². The Morgan fingerprint density at radius 1 is 0.946 bits per heavy atom. The topological polar surface area (TPSA) is 206 Å². The van der Waals surface area contributed by atoms with Crippen molar-refractivity contribution in [2.45, 2.75) is 44.6 Å². The summed E-state index contributed by atoms with van der Waals surface area (Å²) in [6.07, 6.45) is -7.62. The number of benzene rings is 2. The Labute approximate surface area is 208 Å². The molecule has 0 aliphatic carbocycles. The highest BCUT2D eigenvalue weighted by Gasteiger charge is 2.44. The standard InChI is InChI=1S/C24H24O13/c1-8-16(29)18(31)19(32)24(34-8)37-23-17(30)15-13(28)7-14(33-3)21(35-9(2)25)22(15)36-20(23)10-4-5-11(26)12(27)6-10/h4-8,16,18-19,24,26-29,31-32H,1-3H3/t8-,16-,18+,19+,24-/m0/s1. The van der Waals surface area contributed by atoms with Gasteiger partial charge < -0.3 is 54.0 Å². The molecular weight excluding hydrogens is 496 g/mol. The number of methoxy groups -OCH3 is 1. The lowest BCUT2D eigenvalue weighted by Crippen LogP contribution is -2.58. The lowest BCUT2D eigenvalue weighted by atomic mass is 10.00. The van der Waals surface area contributed by atoms with Crippen LogP contribution in [0.3, 0.4) is 0 Å². The summed E-state index contributed by atoms with van der Waals surface area (Å²) in [7, 11) is 1.23. The van der Waals surface area contributed by atoms with Gasteiger partial charge in [-0.2, -0.15) is 0 Å². The molecule has 0 saturated carbocycles. The molecule has 13 nitrogen and oxygen atoms in total. The lowest BCUT2D eigenvalue weighted by molar-refractivity contribution is -0.268. The molecule has 2 aromatic carbocycles. The molecule has 37 heavy (non-hydrogen) atoms. The molecule has 2 heterocycles. The Bertz CT molecular complexity index is 1410. The molecule has 1 aliphatic heterocycles. The fourth-order valence-corrected chi connectivity index (χ4v) is 3.87. The minimum Gasteiger partial charge on any atom is -0.507 e. The average molecular weight is 520 g/mol. The van der Waals surface area contributed by atoms with E-state index in [-0.39, 0.29) is 17.1 Å². The summed E-state index contributed by atoms with van der Waals surface area (Å²) in [6, 6.07) is 4.42. The highest BCUT2D eigenvalue weighted by Crippen LogP contribution is 2.44. The van der Waals surface area contributed by atoms with Crippen molar-refractivity contribution in [2.75, 3.05) is 7.11 Å². The fourth-order valence-electron chi connectivity index (χ4n) is 3.87. The highest BCUT2D eigenvalue weighted by atomic mass is 16.7. The molecular formula is C24H24O13. The van der Waals surface area contributed by atoms with Gasteiger partial charge in [0, 0.05) is 18.6 Å². The molecule has 4 rings (SSSR count). The van der Waals surface area contributed by atoms with E-state index in [1.807, 2.05) is 0 Å². The minimum atomic E-state index is -1.80. The number of aliphatic hydroxyl groups is 3. The molecule has 1 fully saturated rings. The third-order valence-electron chi connectivity index (χ3n) is 5.77. The third-order valence-corrected chi connectivity index (χ3v) is 5.77. The van der Waals surface area contributed by atoms with Crippen molar-refractivity contribution in [1.82, 2.24) is 0 Å². The lowest BCUT2D eigenvalue weighted by Gasteiger charge is -2.38. The second kappa shape index (κ2) is 9.78. The second-order valence-electron chi connectivity index (χ2n) is 8.32. The van der Waals surface area contributed by atoms with Crippen molar-refractivity contribution in [1.29, 1.82) is 0 Å². The van der Waals surface area contributed by atoms with Crippen LogP contribution in [0.25, 0.3) is 22.3 Å². The smallest absolute Gasteiger partial charge is 0.308 e. The number of aliphatic hydroxyl groups excluding tert-OH is 3. The number of fused-ring (bicyclic) bond motifs is 1. The Balaban J connectivity index is 2.02. The normalized spacial score (nSPS) is 23.6. The van der Waals surface area contributed by atoms with E-state index in [1.165, 1.54) is 20.1 Å². The van der Waals surface area contributed by atoms with Crippen LogP contribution >= 0.6 is 0 Å². The molecule has 0 bridgehead atoms. The number of rotatable bonds is 5. The maximum Gasteiger partial charge on any atom is 0.308 e. The minimum absolute atomic E-state index is 0.0145. The summed E-state index contributed by atoms with van der Waals surface area (Å²) in [4.78, 5) is 25.4. The maximum atomic E-state index is 13.7. The van der Waals surface area contributed by atoms with Gasteiger partial charge in [0.05, 0.1) is 13.2 Å². The van der Waals surface area contributed by atoms with Crippen LogP contribution in [0.2, 0.25) is 0 Å². The van der Waals surface area contributed by atoms with Crippen LogP contribution in [0.15, 0.2) is 33.5 Å². The van der Waals surface area contributed by atoms with E-state index in [4.69, 9.17) is 23.4 Å². The number of aromatic hydroxyl groups is 3.